The summed E-state index contributed by atoms with van der Waals surface area (Å²) in [4.78, 5) is 11.6. The van der Waals surface area contributed by atoms with E-state index in [2.05, 4.69) is 5.10 Å². The van der Waals surface area contributed by atoms with Crippen LogP contribution in [0.25, 0.3) is 0 Å². The first-order valence-corrected chi connectivity index (χ1v) is 5.27. The van der Waals surface area contributed by atoms with Crippen molar-refractivity contribution in [3.05, 3.63) is 24.3 Å². The Kier molecular flexibility index (Phi) is 2.79. The predicted molar refractivity (Wildman–Crippen MR) is 60.3 cm³/mol. The molecule has 0 aromatic heterocycles. The zero-order valence-electron chi connectivity index (χ0n) is 8.12. The number of thioether (sulfide) groups is 1. The number of carboxylic acids is 1. The summed E-state index contributed by atoms with van der Waals surface area (Å²) in [5.74, 6) is -1.08. The van der Waals surface area contributed by atoms with E-state index in [0.29, 0.717) is 0 Å². The van der Waals surface area contributed by atoms with Crippen LogP contribution in [-0.2, 0) is 4.79 Å². The van der Waals surface area contributed by atoms with Crippen molar-refractivity contribution >= 4 is 28.5 Å². The molecule has 1 heterocycles. The molecule has 80 valence electrons. The summed E-state index contributed by atoms with van der Waals surface area (Å²) >= 11 is 1.09. The number of hydrogen-bond donors (Lipinski definition) is 1. The first kappa shape index (κ1) is 10.5. The van der Waals surface area contributed by atoms with Gasteiger partial charge in [-0.15, -0.1) is 0 Å². The van der Waals surface area contributed by atoms with E-state index in [1.165, 1.54) is 5.01 Å². The normalized spacial score (nSPS) is 13.7. The molecule has 1 aromatic rings. The quantitative estimate of drug-likeness (QED) is 0.784. The van der Waals surface area contributed by atoms with Crippen LogP contribution in [0, 0.1) is 11.3 Å². The number of hydrogen-bond acceptors (Lipinski definition) is 5. The van der Waals surface area contributed by atoms with Gasteiger partial charge in [0.25, 0.3) is 0 Å². The van der Waals surface area contributed by atoms with Gasteiger partial charge >= 0.3 is 5.97 Å². The molecule has 0 aliphatic carbocycles. The summed E-state index contributed by atoms with van der Waals surface area (Å²) in [5.41, 5.74) is 0.763. The summed E-state index contributed by atoms with van der Waals surface area (Å²) in [6.45, 7) is 0.0361. The van der Waals surface area contributed by atoms with Crippen molar-refractivity contribution in [2.24, 2.45) is 5.10 Å². The summed E-state index contributed by atoms with van der Waals surface area (Å²) in [6, 6.07) is 9.21. The molecule has 1 aliphatic rings. The Morgan fingerprint density at radius 1 is 1.56 bits per heavy atom. The highest BCUT2D eigenvalue weighted by Gasteiger charge is 2.23. The van der Waals surface area contributed by atoms with Crippen molar-refractivity contribution in [1.82, 2.24) is 0 Å². The van der Waals surface area contributed by atoms with Crippen LogP contribution >= 0.6 is 11.8 Å². The minimum Gasteiger partial charge on any atom is -0.476 e. The predicted octanol–water partition coefficient (Wildman–Crippen LogP) is 1.52. The lowest BCUT2D eigenvalue weighted by Gasteiger charge is -2.23. The first-order valence-electron chi connectivity index (χ1n) is 4.45. The molecule has 0 radical (unpaired) electrons. The number of carbonyl (C=O) groups is 1. The molecule has 0 unspecified atom stereocenters. The fourth-order valence-corrected chi connectivity index (χ4v) is 2.18. The number of aliphatic carboxylic acids is 1. The van der Waals surface area contributed by atoms with Gasteiger partial charge in [0.2, 0.25) is 5.04 Å². The number of carboxylic acid groups (broad SMARTS) is 1. The van der Waals surface area contributed by atoms with Gasteiger partial charge in [-0.25, -0.2) is 9.80 Å². The second-order valence-electron chi connectivity index (χ2n) is 3.00. The van der Waals surface area contributed by atoms with Crippen molar-refractivity contribution in [3.63, 3.8) is 0 Å². The molecule has 0 bridgehead atoms. The molecule has 0 amide bonds. The van der Waals surface area contributed by atoms with E-state index < -0.39 is 5.97 Å². The molecule has 2 rings (SSSR count). The number of benzene rings is 1. The molecule has 0 atom stereocenters. The number of hydrazone groups is 1. The van der Waals surface area contributed by atoms with Crippen molar-refractivity contribution < 1.29 is 9.90 Å². The van der Waals surface area contributed by atoms with Crippen LogP contribution in [0.3, 0.4) is 0 Å². The van der Waals surface area contributed by atoms with Gasteiger partial charge in [-0.05, 0) is 12.1 Å². The number of anilines is 1. The first-order chi connectivity index (χ1) is 7.72. The number of nitriles is 1. The molecular weight excluding hydrogens is 226 g/mol. The van der Waals surface area contributed by atoms with Crippen LogP contribution in [0.15, 0.2) is 34.3 Å². The third kappa shape index (κ3) is 1.85. The van der Waals surface area contributed by atoms with Crippen LogP contribution in [0.4, 0.5) is 5.69 Å². The van der Waals surface area contributed by atoms with Crippen LogP contribution in [0.5, 0.6) is 0 Å². The molecule has 1 aromatic carbocycles. The summed E-state index contributed by atoms with van der Waals surface area (Å²) < 4.78 is 0. The number of rotatable bonds is 2. The Hall–Kier alpha value is -2.00. The van der Waals surface area contributed by atoms with E-state index in [4.69, 9.17) is 10.4 Å². The standard InChI is InChI=1S/C10H7N3O2S/c11-5-6-13-7-3-1-2-4-8(7)16-9(12-13)10(14)15/h1-4H,6H2,(H,14,15). The van der Waals surface area contributed by atoms with E-state index >= 15 is 0 Å². The van der Waals surface area contributed by atoms with Crippen molar-refractivity contribution in [2.45, 2.75) is 4.90 Å². The highest BCUT2D eigenvalue weighted by Crippen LogP contribution is 2.35. The topological polar surface area (TPSA) is 76.7 Å². The lowest BCUT2D eigenvalue weighted by molar-refractivity contribution is -0.129. The zero-order chi connectivity index (χ0) is 11.5. The average molecular weight is 233 g/mol. The van der Waals surface area contributed by atoms with Crippen molar-refractivity contribution in [1.29, 1.82) is 5.26 Å². The zero-order valence-corrected chi connectivity index (χ0v) is 8.94. The third-order valence-corrected chi connectivity index (χ3v) is 2.98. The lowest BCUT2D eigenvalue weighted by atomic mass is 10.3. The Morgan fingerprint density at radius 3 is 3.00 bits per heavy atom. The second-order valence-corrected chi connectivity index (χ2v) is 4.03. The summed E-state index contributed by atoms with van der Waals surface area (Å²) in [6.07, 6.45) is 0. The van der Waals surface area contributed by atoms with Gasteiger partial charge in [-0.1, -0.05) is 23.9 Å². The fourth-order valence-electron chi connectivity index (χ4n) is 1.32. The minimum absolute atomic E-state index is 0.0195. The van der Waals surface area contributed by atoms with Crippen LogP contribution in [0.1, 0.15) is 0 Å². The van der Waals surface area contributed by atoms with Gasteiger partial charge < -0.3 is 5.11 Å². The number of fused-ring (bicyclic) bond motifs is 1. The van der Waals surface area contributed by atoms with Gasteiger partial charge in [0.1, 0.15) is 6.54 Å². The Morgan fingerprint density at radius 2 is 2.31 bits per heavy atom. The lowest BCUT2D eigenvalue weighted by Crippen LogP contribution is -2.25. The smallest absolute Gasteiger partial charge is 0.363 e. The molecule has 0 fully saturated rings. The van der Waals surface area contributed by atoms with Gasteiger partial charge in [0, 0.05) is 4.90 Å². The molecule has 1 N–H and O–H groups in total. The average Bonchev–Trinajstić information content (AvgIpc) is 2.29. The largest absolute Gasteiger partial charge is 0.476 e. The number of para-hydroxylation sites is 1. The Bertz CT molecular complexity index is 507. The summed E-state index contributed by atoms with van der Waals surface area (Å²) in [7, 11) is 0. The van der Waals surface area contributed by atoms with Crippen LogP contribution in [-0.4, -0.2) is 22.7 Å². The second kappa shape index (κ2) is 4.24. The molecule has 16 heavy (non-hydrogen) atoms. The molecule has 5 nitrogen and oxygen atoms in total. The molecule has 0 spiro atoms. The highest BCUT2D eigenvalue weighted by atomic mass is 32.2. The van der Waals surface area contributed by atoms with Crippen LogP contribution in [0.2, 0.25) is 0 Å². The highest BCUT2D eigenvalue weighted by molar-refractivity contribution is 8.15. The molecule has 6 heteroatoms. The van der Waals surface area contributed by atoms with E-state index in [-0.39, 0.29) is 11.6 Å². The van der Waals surface area contributed by atoms with E-state index in [0.717, 1.165) is 22.3 Å². The minimum atomic E-state index is -1.08. The fraction of sp³-hybridized carbons (Fsp3) is 0.100. The van der Waals surface area contributed by atoms with Gasteiger partial charge in [0.15, 0.2) is 0 Å². The molecule has 0 saturated carbocycles. The van der Waals surface area contributed by atoms with Gasteiger partial charge in [-0.3, -0.25) is 0 Å². The SMILES string of the molecule is N#CCN1N=C(C(=O)O)Sc2ccccc21. The third-order valence-electron chi connectivity index (χ3n) is 1.96. The van der Waals surface area contributed by atoms with Gasteiger partial charge in [0.05, 0.1) is 11.8 Å². The van der Waals surface area contributed by atoms with Crippen LogP contribution < -0.4 is 5.01 Å². The Labute approximate surface area is 96.0 Å². The van der Waals surface area contributed by atoms with E-state index in [9.17, 15) is 4.79 Å². The maximum atomic E-state index is 10.9. The van der Waals surface area contributed by atoms with E-state index in [1.807, 2.05) is 30.3 Å². The Balaban J connectivity index is 2.43. The monoisotopic (exact) mass is 233 g/mol. The molecule has 0 saturated heterocycles. The van der Waals surface area contributed by atoms with Crippen molar-refractivity contribution in [2.75, 3.05) is 11.6 Å². The summed E-state index contributed by atoms with van der Waals surface area (Å²) in [5, 5.41) is 22.8. The van der Waals surface area contributed by atoms with Gasteiger partial charge in [-0.2, -0.15) is 10.4 Å². The maximum absolute atomic E-state index is 10.9. The molecular formula is C10H7N3O2S. The van der Waals surface area contributed by atoms with Crippen molar-refractivity contribution in [3.8, 4) is 6.07 Å². The number of nitrogens with zero attached hydrogens (tertiary/aromatic N) is 3. The maximum Gasteiger partial charge on any atom is 0.363 e. The molecule has 1 aliphatic heterocycles. The van der Waals surface area contributed by atoms with E-state index in [1.54, 1.807) is 0 Å².